The third-order valence-corrected chi connectivity index (χ3v) is 5.81. The highest BCUT2D eigenvalue weighted by molar-refractivity contribution is 7.89. The number of aliphatic carboxylic acids is 1. The van der Waals surface area contributed by atoms with Gasteiger partial charge in [0, 0.05) is 25.0 Å². The maximum absolute atomic E-state index is 12.4. The number of carboxylic acids is 1. The molecule has 0 unspecified atom stereocenters. The van der Waals surface area contributed by atoms with Gasteiger partial charge in [-0.2, -0.15) is 0 Å². The van der Waals surface area contributed by atoms with Crippen molar-refractivity contribution in [1.29, 1.82) is 0 Å². The molecular weight excluding hydrogens is 356 g/mol. The monoisotopic (exact) mass is 382 g/mol. The Morgan fingerprint density at radius 3 is 2.31 bits per heavy atom. The van der Waals surface area contributed by atoms with Gasteiger partial charge >= 0.3 is 5.97 Å². The van der Waals surface area contributed by atoms with E-state index in [2.05, 4.69) is 4.72 Å². The summed E-state index contributed by atoms with van der Waals surface area (Å²) in [7, 11) is -3.47. The highest BCUT2D eigenvalue weighted by Gasteiger charge is 2.27. The molecule has 144 valence electrons. The minimum absolute atomic E-state index is 0.0603. The van der Waals surface area contributed by atoms with E-state index in [0.29, 0.717) is 6.42 Å². The highest BCUT2D eigenvalue weighted by Crippen LogP contribution is 2.22. The summed E-state index contributed by atoms with van der Waals surface area (Å²) in [6, 6.07) is 6.52. The van der Waals surface area contributed by atoms with E-state index in [-0.39, 0.29) is 42.3 Å². The fraction of sp³-hybridized carbons (Fsp3) is 0.556. The summed E-state index contributed by atoms with van der Waals surface area (Å²) < 4.78 is 26.9. The van der Waals surface area contributed by atoms with Crippen LogP contribution in [0.1, 0.15) is 45.1 Å². The van der Waals surface area contributed by atoms with E-state index in [0.717, 1.165) is 18.4 Å². The summed E-state index contributed by atoms with van der Waals surface area (Å²) in [5.41, 5.74) is 0.866. The van der Waals surface area contributed by atoms with Crippen LogP contribution in [-0.2, 0) is 26.0 Å². The standard InChI is InChI=1S/C18H26N2O5S/c1-13(2)20(12-11-18(22)23)17(21)10-5-14-3-8-16(9-4-14)26(24,25)19-15-6-7-15/h3-4,8-9,13,15,19H,5-7,10-12H2,1-2H3,(H,22,23). The Bertz CT molecular complexity index is 739. The van der Waals surface area contributed by atoms with E-state index in [9.17, 15) is 18.0 Å². The largest absolute Gasteiger partial charge is 0.481 e. The average molecular weight is 382 g/mol. The van der Waals surface area contributed by atoms with Crippen LogP contribution in [-0.4, -0.2) is 48.9 Å². The van der Waals surface area contributed by atoms with Crippen LogP contribution in [0.2, 0.25) is 0 Å². The first kappa shape index (κ1) is 20.4. The summed E-state index contributed by atoms with van der Waals surface area (Å²) in [5, 5.41) is 8.79. The minimum atomic E-state index is -3.47. The quantitative estimate of drug-likeness (QED) is 0.642. The number of carboxylic acid groups (broad SMARTS) is 1. The van der Waals surface area contributed by atoms with E-state index >= 15 is 0 Å². The number of nitrogens with zero attached hydrogens (tertiary/aromatic N) is 1. The van der Waals surface area contributed by atoms with Gasteiger partial charge in [-0.15, -0.1) is 0 Å². The number of nitrogens with one attached hydrogen (secondary N) is 1. The number of carbonyl (C=O) groups excluding carboxylic acids is 1. The predicted molar refractivity (Wildman–Crippen MR) is 97.2 cm³/mol. The fourth-order valence-electron chi connectivity index (χ4n) is 2.61. The molecule has 0 bridgehead atoms. The van der Waals surface area contributed by atoms with E-state index in [1.54, 1.807) is 29.2 Å². The zero-order chi connectivity index (χ0) is 19.3. The van der Waals surface area contributed by atoms with Crippen molar-refractivity contribution in [3.05, 3.63) is 29.8 Å². The van der Waals surface area contributed by atoms with Crippen LogP contribution in [0.15, 0.2) is 29.2 Å². The number of rotatable bonds is 10. The average Bonchev–Trinajstić information content (AvgIpc) is 3.36. The van der Waals surface area contributed by atoms with E-state index in [4.69, 9.17) is 5.11 Å². The van der Waals surface area contributed by atoms with Crippen molar-refractivity contribution < 1.29 is 23.1 Å². The van der Waals surface area contributed by atoms with Gasteiger partial charge in [-0.1, -0.05) is 12.1 Å². The summed E-state index contributed by atoms with van der Waals surface area (Å²) in [6.45, 7) is 3.90. The minimum Gasteiger partial charge on any atom is -0.481 e. The molecule has 2 N–H and O–H groups in total. The van der Waals surface area contributed by atoms with Gasteiger partial charge in [0.2, 0.25) is 15.9 Å². The van der Waals surface area contributed by atoms with Gasteiger partial charge in [-0.25, -0.2) is 13.1 Å². The van der Waals surface area contributed by atoms with Crippen molar-refractivity contribution >= 4 is 21.9 Å². The van der Waals surface area contributed by atoms with Crippen molar-refractivity contribution in [2.45, 2.75) is 62.9 Å². The Kier molecular flexibility index (Phi) is 6.77. The molecule has 1 aromatic rings. The number of hydrogen-bond donors (Lipinski definition) is 2. The second-order valence-corrected chi connectivity index (χ2v) is 8.58. The Morgan fingerprint density at radius 2 is 1.81 bits per heavy atom. The Hall–Kier alpha value is -1.93. The Labute approximate surface area is 154 Å². The molecule has 1 aromatic carbocycles. The van der Waals surface area contributed by atoms with Crippen LogP contribution in [0.25, 0.3) is 0 Å². The molecule has 0 spiro atoms. The van der Waals surface area contributed by atoms with Crippen molar-refractivity contribution in [1.82, 2.24) is 9.62 Å². The fourth-order valence-corrected chi connectivity index (χ4v) is 3.91. The zero-order valence-electron chi connectivity index (χ0n) is 15.1. The topological polar surface area (TPSA) is 104 Å². The van der Waals surface area contributed by atoms with Gasteiger partial charge in [0.1, 0.15) is 0 Å². The molecule has 0 aliphatic heterocycles. The van der Waals surface area contributed by atoms with E-state index < -0.39 is 16.0 Å². The molecule has 0 radical (unpaired) electrons. The molecule has 1 amide bonds. The van der Waals surface area contributed by atoms with Crippen LogP contribution in [0.4, 0.5) is 0 Å². The summed E-state index contributed by atoms with van der Waals surface area (Å²) in [4.78, 5) is 24.9. The molecule has 26 heavy (non-hydrogen) atoms. The van der Waals surface area contributed by atoms with Gasteiger partial charge in [-0.05, 0) is 50.8 Å². The normalized spacial score (nSPS) is 14.4. The summed E-state index contributed by atoms with van der Waals surface area (Å²) in [6.07, 6.45) is 2.42. The molecule has 8 heteroatoms. The molecule has 0 saturated heterocycles. The lowest BCUT2D eigenvalue weighted by Gasteiger charge is -2.26. The highest BCUT2D eigenvalue weighted by atomic mass is 32.2. The predicted octanol–water partition coefficient (Wildman–Crippen LogP) is 1.77. The summed E-state index contributed by atoms with van der Waals surface area (Å²) >= 11 is 0. The molecule has 1 fully saturated rings. The first-order chi connectivity index (χ1) is 12.2. The zero-order valence-corrected chi connectivity index (χ0v) is 16.0. The number of hydrogen-bond acceptors (Lipinski definition) is 4. The molecule has 1 saturated carbocycles. The lowest BCUT2D eigenvalue weighted by Crippen LogP contribution is -2.38. The van der Waals surface area contributed by atoms with Crippen LogP contribution < -0.4 is 4.72 Å². The first-order valence-electron chi connectivity index (χ1n) is 8.81. The molecule has 7 nitrogen and oxygen atoms in total. The van der Waals surface area contributed by atoms with Crippen LogP contribution in [0.5, 0.6) is 0 Å². The number of benzene rings is 1. The maximum Gasteiger partial charge on any atom is 0.305 e. The molecule has 1 aliphatic rings. The molecule has 1 aliphatic carbocycles. The Morgan fingerprint density at radius 1 is 1.19 bits per heavy atom. The molecular formula is C18H26N2O5S. The van der Waals surface area contributed by atoms with Gasteiger partial charge in [0.05, 0.1) is 11.3 Å². The van der Waals surface area contributed by atoms with Crippen molar-refractivity contribution in [3.8, 4) is 0 Å². The number of sulfonamides is 1. The Balaban J connectivity index is 1.91. The van der Waals surface area contributed by atoms with E-state index in [1.165, 1.54) is 0 Å². The maximum atomic E-state index is 12.4. The van der Waals surface area contributed by atoms with Gasteiger partial charge < -0.3 is 10.0 Å². The number of carbonyl (C=O) groups is 2. The van der Waals surface area contributed by atoms with Gasteiger partial charge in [-0.3, -0.25) is 9.59 Å². The lowest BCUT2D eigenvalue weighted by atomic mass is 10.1. The first-order valence-corrected chi connectivity index (χ1v) is 10.3. The molecule has 0 atom stereocenters. The molecule has 0 heterocycles. The van der Waals surface area contributed by atoms with Crippen molar-refractivity contribution in [3.63, 3.8) is 0 Å². The van der Waals surface area contributed by atoms with Gasteiger partial charge in [0.15, 0.2) is 0 Å². The van der Waals surface area contributed by atoms with Crippen LogP contribution in [0.3, 0.4) is 0 Å². The number of amides is 1. The third-order valence-electron chi connectivity index (χ3n) is 4.27. The third kappa shape index (κ3) is 6.10. The van der Waals surface area contributed by atoms with Gasteiger partial charge in [0.25, 0.3) is 0 Å². The van der Waals surface area contributed by atoms with Crippen molar-refractivity contribution in [2.75, 3.05) is 6.54 Å². The second kappa shape index (κ2) is 8.64. The lowest BCUT2D eigenvalue weighted by molar-refractivity contribution is -0.139. The van der Waals surface area contributed by atoms with Crippen molar-refractivity contribution in [2.24, 2.45) is 0 Å². The number of aryl methyl sites for hydroxylation is 1. The smallest absolute Gasteiger partial charge is 0.305 e. The van der Waals surface area contributed by atoms with Crippen LogP contribution in [0, 0.1) is 0 Å². The SMILES string of the molecule is CC(C)N(CCC(=O)O)C(=O)CCc1ccc(S(=O)(=O)NC2CC2)cc1. The van der Waals surface area contributed by atoms with Crippen LogP contribution >= 0.6 is 0 Å². The van der Waals surface area contributed by atoms with E-state index in [1.807, 2.05) is 13.8 Å². The summed E-state index contributed by atoms with van der Waals surface area (Å²) in [5.74, 6) is -1.03. The molecule has 0 aromatic heterocycles. The second-order valence-electron chi connectivity index (χ2n) is 6.86. The molecule has 2 rings (SSSR count).